The molecule has 2 heterocycles. The maximum atomic E-state index is 6.15. The van der Waals surface area contributed by atoms with E-state index < -0.39 is 0 Å². The van der Waals surface area contributed by atoms with Crippen molar-refractivity contribution in [3.63, 3.8) is 0 Å². The number of hydrogen-bond acceptors (Lipinski definition) is 5. The van der Waals surface area contributed by atoms with E-state index in [9.17, 15) is 0 Å². The number of hydrogen-bond donors (Lipinski definition) is 1. The third-order valence-corrected chi connectivity index (χ3v) is 3.46. The molecule has 1 aromatic carbocycles. The lowest BCUT2D eigenvalue weighted by Crippen LogP contribution is -1.92. The van der Waals surface area contributed by atoms with Crippen LogP contribution in [0.2, 0.25) is 5.02 Å². The van der Waals surface area contributed by atoms with Crippen LogP contribution in [0, 0.1) is 0 Å². The van der Waals surface area contributed by atoms with Crippen molar-refractivity contribution in [2.24, 2.45) is 0 Å². The molecule has 21 heavy (non-hydrogen) atoms. The lowest BCUT2D eigenvalue weighted by Gasteiger charge is -2.01. The number of nitrogens with zero attached hydrogens (tertiary/aromatic N) is 3. The zero-order valence-electron chi connectivity index (χ0n) is 11.4. The molecule has 0 radical (unpaired) electrons. The average Bonchev–Trinajstić information content (AvgIpc) is 2.99. The molecule has 0 bridgehead atoms. The summed E-state index contributed by atoms with van der Waals surface area (Å²) in [5.41, 5.74) is 8.74. The Labute approximate surface area is 126 Å². The summed E-state index contributed by atoms with van der Waals surface area (Å²) in [6, 6.07) is 9.01. The monoisotopic (exact) mass is 300 g/mol. The van der Waals surface area contributed by atoms with Gasteiger partial charge in [-0.15, -0.1) is 0 Å². The molecule has 106 valence electrons. The van der Waals surface area contributed by atoms with Gasteiger partial charge in [-0.2, -0.15) is 4.98 Å². The Hall–Kier alpha value is -2.40. The third-order valence-electron chi connectivity index (χ3n) is 3.13. The molecule has 0 fully saturated rings. The first-order valence-electron chi connectivity index (χ1n) is 6.52. The van der Waals surface area contributed by atoms with Gasteiger partial charge in [-0.1, -0.05) is 29.7 Å². The van der Waals surface area contributed by atoms with Gasteiger partial charge >= 0.3 is 0 Å². The standard InChI is InChI=1S/C15H13ClN4O/c1-2-9-4-3-7-18-13(9)14-19-15(21-20-14)11-8-10(17)5-6-12(11)16/h3-8H,2,17H2,1H3. The van der Waals surface area contributed by atoms with Crippen molar-refractivity contribution < 1.29 is 4.52 Å². The Kier molecular flexibility index (Phi) is 3.58. The van der Waals surface area contributed by atoms with E-state index in [1.807, 2.05) is 12.1 Å². The molecule has 6 heteroatoms. The minimum atomic E-state index is 0.329. The highest BCUT2D eigenvalue weighted by atomic mass is 35.5. The van der Waals surface area contributed by atoms with Crippen LogP contribution < -0.4 is 5.73 Å². The first kappa shape index (κ1) is 13.6. The molecule has 3 aromatic rings. The molecule has 2 N–H and O–H groups in total. The highest BCUT2D eigenvalue weighted by Crippen LogP contribution is 2.30. The van der Waals surface area contributed by atoms with Gasteiger partial charge in [0.1, 0.15) is 5.69 Å². The predicted molar refractivity (Wildman–Crippen MR) is 81.8 cm³/mol. The van der Waals surface area contributed by atoms with Crippen molar-refractivity contribution in [3.8, 4) is 23.0 Å². The molecule has 0 spiro atoms. The Morgan fingerprint density at radius 1 is 1.29 bits per heavy atom. The van der Waals surface area contributed by atoms with Crippen LogP contribution in [0.5, 0.6) is 0 Å². The first-order chi connectivity index (χ1) is 10.2. The van der Waals surface area contributed by atoms with Crippen LogP contribution in [0.1, 0.15) is 12.5 Å². The van der Waals surface area contributed by atoms with Crippen LogP contribution in [0.25, 0.3) is 23.0 Å². The van der Waals surface area contributed by atoms with Crippen LogP contribution >= 0.6 is 11.6 Å². The summed E-state index contributed by atoms with van der Waals surface area (Å²) in [7, 11) is 0. The van der Waals surface area contributed by atoms with Crippen LogP contribution in [-0.2, 0) is 6.42 Å². The first-order valence-corrected chi connectivity index (χ1v) is 6.90. The molecule has 0 amide bonds. The number of nitrogens with two attached hydrogens (primary N) is 1. The summed E-state index contributed by atoms with van der Waals surface area (Å²) in [5.74, 6) is 0.774. The summed E-state index contributed by atoms with van der Waals surface area (Å²) in [5, 5.41) is 4.50. The summed E-state index contributed by atoms with van der Waals surface area (Å²) >= 11 is 6.15. The van der Waals surface area contributed by atoms with E-state index in [0.717, 1.165) is 17.7 Å². The minimum absolute atomic E-state index is 0.329. The molecule has 0 aliphatic carbocycles. The lowest BCUT2D eigenvalue weighted by molar-refractivity contribution is 0.432. The van der Waals surface area contributed by atoms with Gasteiger partial charge in [0.2, 0.25) is 5.82 Å². The second kappa shape index (κ2) is 5.54. The highest BCUT2D eigenvalue weighted by molar-refractivity contribution is 6.33. The van der Waals surface area contributed by atoms with Gasteiger partial charge in [-0.3, -0.25) is 4.98 Å². The Bertz CT molecular complexity index is 785. The molecule has 2 aromatic heterocycles. The van der Waals surface area contributed by atoms with E-state index in [1.165, 1.54) is 0 Å². The minimum Gasteiger partial charge on any atom is -0.399 e. The van der Waals surface area contributed by atoms with Crippen LogP contribution in [0.15, 0.2) is 41.1 Å². The number of aryl methyl sites for hydroxylation is 1. The van der Waals surface area contributed by atoms with Crippen molar-refractivity contribution in [1.29, 1.82) is 0 Å². The largest absolute Gasteiger partial charge is 0.399 e. The van der Waals surface area contributed by atoms with Gasteiger partial charge < -0.3 is 10.3 Å². The average molecular weight is 301 g/mol. The maximum absolute atomic E-state index is 6.15. The maximum Gasteiger partial charge on any atom is 0.259 e. The predicted octanol–water partition coefficient (Wildman–Crippen LogP) is 3.60. The van der Waals surface area contributed by atoms with Gasteiger partial charge in [0.05, 0.1) is 10.6 Å². The van der Waals surface area contributed by atoms with E-state index in [0.29, 0.717) is 28.0 Å². The SMILES string of the molecule is CCc1cccnc1-c1noc(-c2cc(N)ccc2Cl)n1. The normalized spacial score (nSPS) is 10.8. The number of aromatic nitrogens is 3. The Morgan fingerprint density at radius 3 is 2.95 bits per heavy atom. The topological polar surface area (TPSA) is 77.8 Å². The Balaban J connectivity index is 2.06. The van der Waals surface area contributed by atoms with E-state index >= 15 is 0 Å². The fourth-order valence-electron chi connectivity index (χ4n) is 2.06. The van der Waals surface area contributed by atoms with Gasteiger partial charge in [0.15, 0.2) is 0 Å². The molecular formula is C15H13ClN4O. The zero-order chi connectivity index (χ0) is 14.8. The van der Waals surface area contributed by atoms with Crippen molar-refractivity contribution >= 4 is 17.3 Å². The Morgan fingerprint density at radius 2 is 2.14 bits per heavy atom. The zero-order valence-corrected chi connectivity index (χ0v) is 12.1. The molecular weight excluding hydrogens is 288 g/mol. The van der Waals surface area contributed by atoms with Gasteiger partial charge in [-0.25, -0.2) is 0 Å². The van der Waals surface area contributed by atoms with Crippen LogP contribution in [0.3, 0.4) is 0 Å². The molecule has 0 unspecified atom stereocenters. The van der Waals surface area contributed by atoms with Crippen molar-refractivity contribution in [2.75, 3.05) is 5.73 Å². The van der Waals surface area contributed by atoms with Crippen LogP contribution in [0.4, 0.5) is 5.69 Å². The second-order valence-electron chi connectivity index (χ2n) is 4.53. The number of anilines is 1. The molecule has 3 rings (SSSR count). The van der Waals surface area contributed by atoms with E-state index in [2.05, 4.69) is 22.0 Å². The third kappa shape index (κ3) is 2.60. The highest BCUT2D eigenvalue weighted by Gasteiger charge is 2.16. The summed E-state index contributed by atoms with van der Waals surface area (Å²) in [6.45, 7) is 2.05. The number of nitrogen functional groups attached to an aromatic ring is 1. The number of rotatable bonds is 3. The second-order valence-corrected chi connectivity index (χ2v) is 4.93. The summed E-state index contributed by atoms with van der Waals surface area (Å²) < 4.78 is 5.30. The van der Waals surface area contributed by atoms with Gasteiger partial charge in [0.25, 0.3) is 5.89 Å². The molecule has 0 aliphatic heterocycles. The number of benzene rings is 1. The van der Waals surface area contributed by atoms with Gasteiger partial charge in [0, 0.05) is 11.9 Å². The summed E-state index contributed by atoms with van der Waals surface area (Å²) in [6.07, 6.45) is 2.55. The molecule has 0 saturated heterocycles. The van der Waals surface area contributed by atoms with E-state index in [1.54, 1.807) is 24.4 Å². The lowest BCUT2D eigenvalue weighted by atomic mass is 10.1. The van der Waals surface area contributed by atoms with Crippen molar-refractivity contribution in [1.82, 2.24) is 15.1 Å². The van der Waals surface area contributed by atoms with Crippen LogP contribution in [-0.4, -0.2) is 15.1 Å². The number of pyridine rings is 1. The van der Waals surface area contributed by atoms with E-state index in [-0.39, 0.29) is 0 Å². The fourth-order valence-corrected chi connectivity index (χ4v) is 2.26. The molecule has 0 saturated carbocycles. The number of halogens is 1. The summed E-state index contributed by atoms with van der Waals surface area (Å²) in [4.78, 5) is 8.71. The van der Waals surface area contributed by atoms with Crippen molar-refractivity contribution in [3.05, 3.63) is 47.1 Å². The van der Waals surface area contributed by atoms with Gasteiger partial charge in [-0.05, 0) is 36.2 Å². The van der Waals surface area contributed by atoms with E-state index in [4.69, 9.17) is 21.9 Å². The molecule has 0 atom stereocenters. The smallest absolute Gasteiger partial charge is 0.259 e. The fraction of sp³-hybridized carbons (Fsp3) is 0.133. The van der Waals surface area contributed by atoms with Crippen molar-refractivity contribution in [2.45, 2.75) is 13.3 Å². The quantitative estimate of drug-likeness (QED) is 0.748. The molecule has 0 aliphatic rings. The molecule has 5 nitrogen and oxygen atoms in total.